The number of dihydropyridines is 1. The normalized spacial score (nSPS) is 17.6. The Kier molecular flexibility index (Phi) is 7.16. The van der Waals surface area contributed by atoms with Crippen LogP contribution in [-0.2, 0) is 21.2 Å². The van der Waals surface area contributed by atoms with Crippen molar-refractivity contribution in [3.8, 4) is 0 Å². The van der Waals surface area contributed by atoms with Crippen molar-refractivity contribution in [3.05, 3.63) is 74.0 Å². The Labute approximate surface area is 175 Å². The number of nitro benzene ring substituents is 1. The van der Waals surface area contributed by atoms with Crippen LogP contribution in [0.25, 0.3) is 0 Å². The van der Waals surface area contributed by atoms with Crippen LogP contribution in [0.15, 0.2) is 58.3 Å². The Bertz CT molecular complexity index is 1050. The summed E-state index contributed by atoms with van der Waals surface area (Å²) >= 11 is 0. The molecule has 0 saturated heterocycles. The zero-order chi connectivity index (χ0) is 22.6. The lowest BCUT2D eigenvalue weighted by Gasteiger charge is -2.29. The number of aliphatic carboxylic acids is 1. The third-order valence-electron chi connectivity index (χ3n) is 4.55. The number of allylic oxidation sites excluding steroid dienone is 4. The van der Waals surface area contributed by atoms with Crippen molar-refractivity contribution < 1.29 is 23.2 Å². The summed E-state index contributed by atoms with van der Waals surface area (Å²) in [4.78, 5) is 22.5. The standard InChI is InChI=1S/C20H25N3O6S/c1-12(2)22-30(28,29)9-8-17-13(3)21-14(4)19(20(24)25)18(17)11-15-6-5-7-16(10-15)23(26)27/h5-10,12,18,21-22H,11H2,1-4H3,(H,24,25)/b9-8+. The first-order valence-electron chi connectivity index (χ1n) is 9.27. The molecular formula is C20H25N3O6S. The summed E-state index contributed by atoms with van der Waals surface area (Å²) in [6, 6.07) is 5.67. The fourth-order valence-corrected chi connectivity index (χ4v) is 4.49. The van der Waals surface area contributed by atoms with Crippen LogP contribution < -0.4 is 10.0 Å². The highest BCUT2D eigenvalue weighted by Crippen LogP contribution is 2.34. The Hall–Kier alpha value is -2.98. The molecule has 0 aliphatic carbocycles. The topological polar surface area (TPSA) is 139 Å². The van der Waals surface area contributed by atoms with Crippen molar-refractivity contribution >= 4 is 21.7 Å². The number of sulfonamides is 1. The maximum absolute atomic E-state index is 12.2. The molecule has 1 aromatic carbocycles. The van der Waals surface area contributed by atoms with Gasteiger partial charge in [-0.3, -0.25) is 10.1 Å². The van der Waals surface area contributed by atoms with Crippen LogP contribution >= 0.6 is 0 Å². The van der Waals surface area contributed by atoms with Crippen LogP contribution in [0, 0.1) is 16.0 Å². The van der Waals surface area contributed by atoms with Gasteiger partial charge in [-0.25, -0.2) is 17.9 Å². The zero-order valence-corrected chi connectivity index (χ0v) is 18.0. The van der Waals surface area contributed by atoms with E-state index in [1.54, 1.807) is 33.8 Å². The predicted molar refractivity (Wildman–Crippen MR) is 113 cm³/mol. The number of non-ortho nitro benzene ring substituents is 1. The second-order valence-corrected chi connectivity index (χ2v) is 8.95. The Balaban J connectivity index is 2.50. The number of rotatable bonds is 8. The quantitative estimate of drug-likeness (QED) is 0.421. The zero-order valence-electron chi connectivity index (χ0n) is 17.2. The average Bonchev–Trinajstić information content (AvgIpc) is 2.59. The highest BCUT2D eigenvalue weighted by Gasteiger charge is 2.31. The summed E-state index contributed by atoms with van der Waals surface area (Å²) in [5.74, 6) is -1.83. The Morgan fingerprint density at radius 2 is 2.00 bits per heavy atom. The highest BCUT2D eigenvalue weighted by atomic mass is 32.2. The van der Waals surface area contributed by atoms with Gasteiger partial charge in [0.25, 0.3) is 5.69 Å². The largest absolute Gasteiger partial charge is 0.478 e. The molecule has 3 N–H and O–H groups in total. The Morgan fingerprint density at radius 1 is 1.33 bits per heavy atom. The van der Waals surface area contributed by atoms with Gasteiger partial charge < -0.3 is 10.4 Å². The summed E-state index contributed by atoms with van der Waals surface area (Å²) in [6.07, 6.45) is 1.54. The molecule has 0 amide bonds. The van der Waals surface area contributed by atoms with Gasteiger partial charge in [0, 0.05) is 40.9 Å². The number of nitrogens with zero attached hydrogens (tertiary/aromatic N) is 1. The minimum absolute atomic E-state index is 0.0842. The van der Waals surface area contributed by atoms with Gasteiger partial charge in [0.2, 0.25) is 10.0 Å². The van der Waals surface area contributed by atoms with Crippen LogP contribution in [0.4, 0.5) is 5.69 Å². The van der Waals surface area contributed by atoms with Gasteiger partial charge in [0.1, 0.15) is 0 Å². The van der Waals surface area contributed by atoms with Crippen molar-refractivity contribution in [2.75, 3.05) is 0 Å². The monoisotopic (exact) mass is 435 g/mol. The number of carbonyl (C=O) groups is 1. The van der Waals surface area contributed by atoms with Gasteiger partial charge in [-0.2, -0.15) is 0 Å². The smallest absolute Gasteiger partial charge is 0.333 e. The van der Waals surface area contributed by atoms with Crippen molar-refractivity contribution in [1.82, 2.24) is 10.0 Å². The number of carboxylic acids is 1. The molecule has 30 heavy (non-hydrogen) atoms. The van der Waals surface area contributed by atoms with E-state index < -0.39 is 26.8 Å². The minimum Gasteiger partial charge on any atom is -0.478 e. The molecule has 2 rings (SSSR count). The van der Waals surface area contributed by atoms with E-state index in [-0.39, 0.29) is 23.7 Å². The molecule has 1 aliphatic heterocycles. The third-order valence-corrected chi connectivity index (χ3v) is 5.85. The summed E-state index contributed by atoms with van der Waals surface area (Å²) in [6.45, 7) is 6.74. The van der Waals surface area contributed by atoms with E-state index in [0.717, 1.165) is 5.41 Å². The van der Waals surface area contributed by atoms with Crippen LogP contribution in [0.3, 0.4) is 0 Å². The first-order valence-corrected chi connectivity index (χ1v) is 10.8. The van der Waals surface area contributed by atoms with Crippen LogP contribution in [0.5, 0.6) is 0 Å². The van der Waals surface area contributed by atoms with Crippen LogP contribution in [-0.4, -0.2) is 30.5 Å². The molecule has 0 radical (unpaired) electrons. The predicted octanol–water partition coefficient (Wildman–Crippen LogP) is 2.83. The number of nitro groups is 1. The van der Waals surface area contributed by atoms with Crippen molar-refractivity contribution in [3.63, 3.8) is 0 Å². The highest BCUT2D eigenvalue weighted by molar-refractivity contribution is 7.92. The lowest BCUT2D eigenvalue weighted by Crippen LogP contribution is -2.30. The van der Waals surface area contributed by atoms with Crippen LogP contribution in [0.2, 0.25) is 0 Å². The molecule has 1 aliphatic rings. The fourth-order valence-electron chi connectivity index (χ4n) is 3.42. The number of benzene rings is 1. The minimum atomic E-state index is -3.71. The molecule has 0 aromatic heterocycles. The van der Waals surface area contributed by atoms with Crippen molar-refractivity contribution in [2.45, 2.75) is 40.2 Å². The first kappa shape index (κ1) is 23.3. The average molecular weight is 436 g/mol. The number of hydrogen-bond donors (Lipinski definition) is 3. The molecular weight excluding hydrogens is 410 g/mol. The molecule has 0 fully saturated rings. The lowest BCUT2D eigenvalue weighted by molar-refractivity contribution is -0.384. The van der Waals surface area contributed by atoms with E-state index >= 15 is 0 Å². The van der Waals surface area contributed by atoms with Crippen LogP contribution in [0.1, 0.15) is 33.3 Å². The number of hydrogen-bond acceptors (Lipinski definition) is 6. The molecule has 1 unspecified atom stereocenters. The molecule has 1 heterocycles. The van der Waals surface area contributed by atoms with E-state index in [1.807, 2.05) is 0 Å². The molecule has 0 bridgehead atoms. The molecule has 9 nitrogen and oxygen atoms in total. The molecule has 0 saturated carbocycles. The van der Waals surface area contributed by atoms with Gasteiger partial charge in [-0.15, -0.1) is 0 Å². The molecule has 1 aromatic rings. The first-order chi connectivity index (χ1) is 13.9. The molecule has 0 spiro atoms. The SMILES string of the molecule is CC1=C(/C=C/S(=O)(=O)NC(C)C)C(Cc2cccc([N+](=O)[O-])c2)C(C(=O)O)=C(C)N1. The van der Waals surface area contributed by atoms with Gasteiger partial charge in [-0.05, 0) is 51.3 Å². The summed E-state index contributed by atoms with van der Waals surface area (Å²) in [5.41, 5.74) is 2.10. The van der Waals surface area contributed by atoms with Crippen molar-refractivity contribution in [1.29, 1.82) is 0 Å². The molecule has 10 heteroatoms. The maximum Gasteiger partial charge on any atom is 0.333 e. The Morgan fingerprint density at radius 3 is 2.57 bits per heavy atom. The second kappa shape index (κ2) is 9.23. The lowest BCUT2D eigenvalue weighted by atomic mass is 9.81. The maximum atomic E-state index is 12.2. The van der Waals surface area contributed by atoms with Crippen molar-refractivity contribution in [2.24, 2.45) is 5.92 Å². The fraction of sp³-hybridized carbons (Fsp3) is 0.350. The van der Waals surface area contributed by atoms with Gasteiger partial charge in [0.15, 0.2) is 0 Å². The van der Waals surface area contributed by atoms with Gasteiger partial charge in [-0.1, -0.05) is 12.1 Å². The summed E-state index contributed by atoms with van der Waals surface area (Å²) < 4.78 is 26.9. The van der Waals surface area contributed by atoms with Gasteiger partial charge in [0.05, 0.1) is 10.5 Å². The number of carboxylic acid groups (broad SMARTS) is 1. The van der Waals surface area contributed by atoms with Gasteiger partial charge >= 0.3 is 5.97 Å². The van der Waals surface area contributed by atoms with E-state index in [4.69, 9.17) is 0 Å². The molecule has 162 valence electrons. The third kappa shape index (κ3) is 5.77. The van der Waals surface area contributed by atoms with E-state index in [1.165, 1.54) is 24.3 Å². The summed E-state index contributed by atoms with van der Waals surface area (Å²) in [5, 5.41) is 24.8. The van der Waals surface area contributed by atoms with E-state index in [2.05, 4.69) is 10.0 Å². The second-order valence-electron chi connectivity index (χ2n) is 7.35. The molecule has 1 atom stereocenters. The summed E-state index contributed by atoms with van der Waals surface area (Å²) in [7, 11) is -3.71. The number of nitrogens with one attached hydrogen (secondary N) is 2. The van der Waals surface area contributed by atoms with E-state index in [0.29, 0.717) is 22.5 Å². The van der Waals surface area contributed by atoms with E-state index in [9.17, 15) is 28.4 Å².